The van der Waals surface area contributed by atoms with Crippen LogP contribution in [0.2, 0.25) is 0 Å². The second-order valence-corrected chi connectivity index (χ2v) is 7.08. The Morgan fingerprint density at radius 2 is 1.87 bits per heavy atom. The summed E-state index contributed by atoms with van der Waals surface area (Å²) < 4.78 is 21.3. The van der Waals surface area contributed by atoms with E-state index in [0.717, 1.165) is 0 Å². The molecule has 1 aliphatic rings. The second kappa shape index (κ2) is 10.5. The van der Waals surface area contributed by atoms with Crippen LogP contribution in [0, 0.1) is 5.92 Å². The Balaban J connectivity index is 2.15. The predicted molar refractivity (Wildman–Crippen MR) is 108 cm³/mol. The first-order chi connectivity index (χ1) is 14.3. The topological polar surface area (TPSA) is 112 Å². The number of benzene rings is 1. The normalized spacial score (nSPS) is 15.9. The molecule has 1 aromatic carbocycles. The van der Waals surface area contributed by atoms with Crippen molar-refractivity contribution in [2.75, 3.05) is 26.9 Å². The molecule has 0 unspecified atom stereocenters. The van der Waals surface area contributed by atoms with Crippen LogP contribution in [0.1, 0.15) is 38.1 Å². The average Bonchev–Trinajstić information content (AvgIpc) is 2.69. The molecule has 0 saturated heterocycles. The molecule has 1 heterocycles. The standard InChI is InChI=1S/C21H28N2O7/c1-6-28-20(25)18-13(4)22-21(26)23-15(18)11-30-19(24)14-7-8-16(17(9-14)27-5)29-10-12(2)3/h7-9,12-13H,6,10-11H2,1-5H3,(H2,22,23,26)/t13-/m1/s1. The minimum absolute atomic E-state index is 0.182. The summed E-state index contributed by atoms with van der Waals surface area (Å²) in [6.07, 6.45) is 0. The van der Waals surface area contributed by atoms with Crippen LogP contribution in [-0.4, -0.2) is 50.9 Å². The van der Waals surface area contributed by atoms with Crippen LogP contribution in [0.5, 0.6) is 11.5 Å². The van der Waals surface area contributed by atoms with Gasteiger partial charge in [-0.15, -0.1) is 0 Å². The molecule has 1 aromatic rings. The summed E-state index contributed by atoms with van der Waals surface area (Å²) in [5.41, 5.74) is 0.636. The van der Waals surface area contributed by atoms with Crippen molar-refractivity contribution in [3.05, 3.63) is 35.0 Å². The van der Waals surface area contributed by atoms with Gasteiger partial charge in [0.25, 0.3) is 0 Å². The maximum atomic E-state index is 12.5. The number of esters is 2. The van der Waals surface area contributed by atoms with Crippen molar-refractivity contribution in [3.63, 3.8) is 0 Å². The minimum atomic E-state index is -0.639. The van der Waals surface area contributed by atoms with Gasteiger partial charge in [0.1, 0.15) is 6.61 Å². The summed E-state index contributed by atoms with van der Waals surface area (Å²) in [5.74, 6) is 0.0374. The first-order valence-electron chi connectivity index (χ1n) is 9.72. The lowest BCUT2D eigenvalue weighted by atomic mass is 10.0. The fourth-order valence-corrected chi connectivity index (χ4v) is 2.78. The molecule has 0 radical (unpaired) electrons. The van der Waals surface area contributed by atoms with E-state index in [1.54, 1.807) is 26.0 Å². The highest BCUT2D eigenvalue weighted by Crippen LogP contribution is 2.29. The van der Waals surface area contributed by atoms with Gasteiger partial charge in [-0.3, -0.25) is 0 Å². The van der Waals surface area contributed by atoms with E-state index in [9.17, 15) is 14.4 Å². The average molecular weight is 420 g/mol. The number of methoxy groups -OCH3 is 1. The lowest BCUT2D eigenvalue weighted by Crippen LogP contribution is -2.50. The molecule has 9 heteroatoms. The Labute approximate surface area is 175 Å². The van der Waals surface area contributed by atoms with Crippen molar-refractivity contribution >= 4 is 18.0 Å². The second-order valence-electron chi connectivity index (χ2n) is 7.08. The van der Waals surface area contributed by atoms with Crippen molar-refractivity contribution in [1.82, 2.24) is 10.6 Å². The highest BCUT2D eigenvalue weighted by Gasteiger charge is 2.30. The number of amides is 2. The molecule has 2 rings (SSSR count). The van der Waals surface area contributed by atoms with Gasteiger partial charge in [-0.2, -0.15) is 0 Å². The van der Waals surface area contributed by atoms with E-state index in [4.69, 9.17) is 18.9 Å². The zero-order valence-corrected chi connectivity index (χ0v) is 17.9. The van der Waals surface area contributed by atoms with Crippen molar-refractivity contribution in [2.24, 2.45) is 5.92 Å². The Bertz CT molecular complexity index is 833. The summed E-state index contributed by atoms with van der Waals surface area (Å²) in [5, 5.41) is 5.09. The monoisotopic (exact) mass is 420 g/mol. The lowest BCUT2D eigenvalue weighted by Gasteiger charge is -2.26. The van der Waals surface area contributed by atoms with Crippen LogP contribution < -0.4 is 20.1 Å². The summed E-state index contributed by atoms with van der Waals surface area (Å²) >= 11 is 0. The van der Waals surface area contributed by atoms with Crippen molar-refractivity contribution in [1.29, 1.82) is 0 Å². The molecule has 0 saturated carbocycles. The summed E-state index contributed by atoms with van der Waals surface area (Å²) in [6.45, 7) is 7.78. The van der Waals surface area contributed by atoms with Gasteiger partial charge >= 0.3 is 18.0 Å². The molecule has 0 aromatic heterocycles. The zero-order valence-electron chi connectivity index (χ0n) is 17.9. The summed E-state index contributed by atoms with van der Waals surface area (Å²) in [7, 11) is 1.48. The molecule has 1 atom stereocenters. The summed E-state index contributed by atoms with van der Waals surface area (Å²) in [6, 6.07) is 3.64. The van der Waals surface area contributed by atoms with Crippen LogP contribution in [0.25, 0.3) is 0 Å². The van der Waals surface area contributed by atoms with Gasteiger partial charge in [-0.05, 0) is 38.0 Å². The molecule has 0 aliphatic carbocycles. The van der Waals surface area contributed by atoms with E-state index in [1.807, 2.05) is 13.8 Å². The van der Waals surface area contributed by atoms with Gasteiger partial charge in [0.15, 0.2) is 11.5 Å². The van der Waals surface area contributed by atoms with E-state index >= 15 is 0 Å². The van der Waals surface area contributed by atoms with Crippen LogP contribution in [0.3, 0.4) is 0 Å². The number of nitrogens with one attached hydrogen (secondary N) is 2. The van der Waals surface area contributed by atoms with E-state index < -0.39 is 24.0 Å². The molecule has 1 aliphatic heterocycles. The molecule has 0 bridgehead atoms. The van der Waals surface area contributed by atoms with Crippen LogP contribution in [0.4, 0.5) is 4.79 Å². The summed E-state index contributed by atoms with van der Waals surface area (Å²) in [4.78, 5) is 36.5. The minimum Gasteiger partial charge on any atom is -0.493 e. The molecular weight excluding hydrogens is 392 g/mol. The smallest absolute Gasteiger partial charge is 0.338 e. The molecule has 164 valence electrons. The maximum Gasteiger partial charge on any atom is 0.338 e. The molecule has 30 heavy (non-hydrogen) atoms. The van der Waals surface area contributed by atoms with Gasteiger partial charge in [0.2, 0.25) is 0 Å². The number of hydrogen-bond acceptors (Lipinski definition) is 7. The first kappa shape index (κ1) is 23.1. The molecule has 0 fully saturated rings. The fraction of sp³-hybridized carbons (Fsp3) is 0.476. The third-order valence-corrected chi connectivity index (χ3v) is 4.18. The van der Waals surface area contributed by atoms with E-state index in [1.165, 1.54) is 13.2 Å². The maximum absolute atomic E-state index is 12.5. The van der Waals surface area contributed by atoms with Gasteiger partial charge in [0.05, 0.1) is 43.2 Å². The third kappa shape index (κ3) is 5.88. The number of urea groups is 1. The lowest BCUT2D eigenvalue weighted by molar-refractivity contribution is -0.139. The highest BCUT2D eigenvalue weighted by molar-refractivity contribution is 5.95. The van der Waals surface area contributed by atoms with Crippen molar-refractivity contribution < 1.29 is 33.3 Å². The van der Waals surface area contributed by atoms with Crippen molar-refractivity contribution in [2.45, 2.75) is 33.7 Å². The molecule has 2 amide bonds. The van der Waals surface area contributed by atoms with Crippen LogP contribution >= 0.6 is 0 Å². The van der Waals surface area contributed by atoms with E-state index in [2.05, 4.69) is 10.6 Å². The first-order valence-corrected chi connectivity index (χ1v) is 9.72. The number of ether oxygens (including phenoxy) is 4. The van der Waals surface area contributed by atoms with Gasteiger partial charge in [-0.1, -0.05) is 13.8 Å². The number of hydrogen-bond donors (Lipinski definition) is 2. The third-order valence-electron chi connectivity index (χ3n) is 4.18. The van der Waals surface area contributed by atoms with Gasteiger partial charge < -0.3 is 29.6 Å². The number of carbonyl (C=O) groups is 3. The molecule has 9 nitrogen and oxygen atoms in total. The Morgan fingerprint density at radius 3 is 2.50 bits per heavy atom. The number of rotatable bonds is 9. The van der Waals surface area contributed by atoms with Gasteiger partial charge in [0, 0.05) is 0 Å². The molecule has 0 spiro atoms. The predicted octanol–water partition coefficient (Wildman–Crippen LogP) is 2.41. The highest BCUT2D eigenvalue weighted by atomic mass is 16.5. The fourth-order valence-electron chi connectivity index (χ4n) is 2.78. The van der Waals surface area contributed by atoms with E-state index in [0.29, 0.717) is 24.0 Å². The SMILES string of the molecule is CCOC(=O)C1=C(COC(=O)c2ccc(OCC(C)C)c(OC)c2)NC(=O)N[C@@H]1C. The van der Waals surface area contributed by atoms with Crippen molar-refractivity contribution in [3.8, 4) is 11.5 Å². The quantitative estimate of drug-likeness (QED) is 0.590. The molecular formula is C21H28N2O7. The van der Waals surface area contributed by atoms with E-state index in [-0.39, 0.29) is 30.0 Å². The number of carbonyl (C=O) groups excluding carboxylic acids is 3. The van der Waals surface area contributed by atoms with Crippen LogP contribution in [0.15, 0.2) is 29.5 Å². The molecule has 2 N–H and O–H groups in total. The Kier molecular flexibility index (Phi) is 8.08. The zero-order chi connectivity index (χ0) is 22.3. The van der Waals surface area contributed by atoms with Gasteiger partial charge in [-0.25, -0.2) is 14.4 Å². The Hall–Kier alpha value is -3.23. The van der Waals surface area contributed by atoms with Crippen LogP contribution in [-0.2, 0) is 14.3 Å². The largest absolute Gasteiger partial charge is 0.493 e. The Morgan fingerprint density at radius 1 is 1.13 bits per heavy atom.